The molecule has 1 aliphatic heterocycles. The SMILES string of the molecule is CNC(=O)COc1cccc(NC2CCNCC2)c1. The maximum Gasteiger partial charge on any atom is 0.257 e. The number of hydrogen-bond acceptors (Lipinski definition) is 4. The van der Waals surface area contributed by atoms with Crippen molar-refractivity contribution >= 4 is 11.6 Å². The number of carbonyl (C=O) groups is 1. The van der Waals surface area contributed by atoms with Crippen molar-refractivity contribution in [1.29, 1.82) is 0 Å². The highest BCUT2D eigenvalue weighted by molar-refractivity contribution is 5.77. The van der Waals surface area contributed by atoms with Crippen LogP contribution in [0.2, 0.25) is 0 Å². The van der Waals surface area contributed by atoms with Crippen molar-refractivity contribution in [3.8, 4) is 5.75 Å². The minimum Gasteiger partial charge on any atom is -0.484 e. The average molecular weight is 263 g/mol. The molecule has 5 nitrogen and oxygen atoms in total. The minimum atomic E-state index is -0.128. The molecule has 0 spiro atoms. The van der Waals surface area contributed by atoms with Gasteiger partial charge in [-0.15, -0.1) is 0 Å². The first kappa shape index (κ1) is 13.7. The number of carbonyl (C=O) groups excluding carboxylic acids is 1. The fraction of sp³-hybridized carbons (Fsp3) is 0.500. The van der Waals surface area contributed by atoms with Crippen LogP contribution in [-0.2, 0) is 4.79 Å². The topological polar surface area (TPSA) is 62.4 Å². The lowest BCUT2D eigenvalue weighted by Crippen LogP contribution is -2.35. The third-order valence-corrected chi connectivity index (χ3v) is 3.19. The summed E-state index contributed by atoms with van der Waals surface area (Å²) in [6.45, 7) is 2.17. The fourth-order valence-corrected chi connectivity index (χ4v) is 2.10. The Balaban J connectivity index is 1.88. The highest BCUT2D eigenvalue weighted by Gasteiger charge is 2.12. The summed E-state index contributed by atoms with van der Waals surface area (Å²) in [6.07, 6.45) is 2.26. The Hall–Kier alpha value is -1.75. The molecule has 0 bridgehead atoms. The molecule has 1 aliphatic rings. The van der Waals surface area contributed by atoms with E-state index >= 15 is 0 Å². The Kier molecular flexibility index (Phi) is 5.03. The molecule has 1 saturated heterocycles. The van der Waals surface area contributed by atoms with E-state index in [0.29, 0.717) is 11.8 Å². The molecule has 0 atom stereocenters. The van der Waals surface area contributed by atoms with E-state index in [1.54, 1.807) is 7.05 Å². The zero-order valence-electron chi connectivity index (χ0n) is 11.2. The van der Waals surface area contributed by atoms with Crippen molar-refractivity contribution in [3.63, 3.8) is 0 Å². The number of likely N-dealkylation sites (N-methyl/N-ethyl adjacent to an activating group) is 1. The normalized spacial score (nSPS) is 15.8. The Morgan fingerprint density at radius 3 is 2.95 bits per heavy atom. The Morgan fingerprint density at radius 2 is 2.21 bits per heavy atom. The molecule has 1 aromatic carbocycles. The van der Waals surface area contributed by atoms with Gasteiger partial charge in [0.25, 0.3) is 5.91 Å². The standard InChI is InChI=1S/C14H21N3O2/c1-15-14(18)10-19-13-4-2-3-12(9-13)17-11-5-7-16-8-6-11/h2-4,9,11,16-17H,5-8,10H2,1H3,(H,15,18). The Labute approximate surface area is 113 Å². The molecule has 104 valence electrons. The molecule has 5 heteroatoms. The van der Waals surface area contributed by atoms with Crippen molar-refractivity contribution in [2.45, 2.75) is 18.9 Å². The Bertz CT molecular complexity index is 417. The zero-order valence-corrected chi connectivity index (χ0v) is 11.2. The maximum absolute atomic E-state index is 11.1. The molecule has 19 heavy (non-hydrogen) atoms. The van der Waals surface area contributed by atoms with Gasteiger partial charge in [0, 0.05) is 24.8 Å². The van der Waals surface area contributed by atoms with Crippen molar-refractivity contribution in [3.05, 3.63) is 24.3 Å². The van der Waals surface area contributed by atoms with Gasteiger partial charge in [-0.2, -0.15) is 0 Å². The highest BCUT2D eigenvalue weighted by atomic mass is 16.5. The number of ether oxygens (including phenoxy) is 1. The van der Waals surface area contributed by atoms with E-state index in [-0.39, 0.29) is 12.5 Å². The van der Waals surface area contributed by atoms with Crippen molar-refractivity contribution in [2.24, 2.45) is 0 Å². The van der Waals surface area contributed by atoms with E-state index in [1.807, 2.05) is 24.3 Å². The number of nitrogens with one attached hydrogen (secondary N) is 3. The van der Waals surface area contributed by atoms with Gasteiger partial charge in [0.1, 0.15) is 5.75 Å². The van der Waals surface area contributed by atoms with Crippen molar-refractivity contribution in [1.82, 2.24) is 10.6 Å². The lowest BCUT2D eigenvalue weighted by atomic mass is 10.1. The number of benzene rings is 1. The highest BCUT2D eigenvalue weighted by Crippen LogP contribution is 2.19. The minimum absolute atomic E-state index is 0.0489. The van der Waals surface area contributed by atoms with Gasteiger partial charge in [0.05, 0.1) is 0 Å². The summed E-state index contributed by atoms with van der Waals surface area (Å²) in [7, 11) is 1.60. The molecule has 0 unspecified atom stereocenters. The molecule has 1 aromatic rings. The second-order valence-electron chi connectivity index (χ2n) is 4.66. The first-order valence-electron chi connectivity index (χ1n) is 6.68. The molecular formula is C14H21N3O2. The summed E-state index contributed by atoms with van der Waals surface area (Å²) < 4.78 is 5.42. The van der Waals surface area contributed by atoms with Crippen LogP contribution in [-0.4, -0.2) is 38.7 Å². The molecule has 1 fully saturated rings. The van der Waals surface area contributed by atoms with Crippen LogP contribution in [0.1, 0.15) is 12.8 Å². The molecule has 1 amide bonds. The van der Waals surface area contributed by atoms with Gasteiger partial charge in [0.15, 0.2) is 6.61 Å². The summed E-state index contributed by atoms with van der Waals surface area (Å²) in [4.78, 5) is 11.1. The first-order chi connectivity index (χ1) is 9.28. The lowest BCUT2D eigenvalue weighted by Gasteiger charge is -2.24. The molecule has 0 aliphatic carbocycles. The smallest absolute Gasteiger partial charge is 0.257 e. The number of piperidine rings is 1. The van der Waals surface area contributed by atoms with Crippen molar-refractivity contribution in [2.75, 3.05) is 32.1 Å². The largest absolute Gasteiger partial charge is 0.484 e. The predicted molar refractivity (Wildman–Crippen MR) is 75.5 cm³/mol. The lowest BCUT2D eigenvalue weighted by molar-refractivity contribution is -0.122. The second-order valence-corrected chi connectivity index (χ2v) is 4.66. The summed E-state index contributed by atoms with van der Waals surface area (Å²) in [6, 6.07) is 8.26. The van der Waals surface area contributed by atoms with Crippen LogP contribution in [0.15, 0.2) is 24.3 Å². The van der Waals surface area contributed by atoms with Gasteiger partial charge in [-0.3, -0.25) is 4.79 Å². The quantitative estimate of drug-likeness (QED) is 0.741. The van der Waals surface area contributed by atoms with E-state index in [1.165, 1.54) is 0 Å². The van der Waals surface area contributed by atoms with Gasteiger partial charge in [-0.1, -0.05) is 6.07 Å². The van der Waals surface area contributed by atoms with E-state index in [4.69, 9.17) is 4.74 Å². The predicted octanol–water partition coefficient (Wildman–Crippen LogP) is 0.975. The summed E-state index contributed by atoms with van der Waals surface area (Å²) in [5, 5.41) is 9.37. The summed E-state index contributed by atoms with van der Waals surface area (Å²) in [5.41, 5.74) is 1.04. The van der Waals surface area contributed by atoms with Crippen LogP contribution in [0.25, 0.3) is 0 Å². The van der Waals surface area contributed by atoms with E-state index < -0.39 is 0 Å². The molecular weight excluding hydrogens is 242 g/mol. The maximum atomic E-state index is 11.1. The number of rotatable bonds is 5. The first-order valence-corrected chi connectivity index (χ1v) is 6.68. The molecule has 0 radical (unpaired) electrons. The van der Waals surface area contributed by atoms with Crippen LogP contribution in [0.3, 0.4) is 0 Å². The Morgan fingerprint density at radius 1 is 1.42 bits per heavy atom. The van der Waals surface area contributed by atoms with Crippen LogP contribution in [0.5, 0.6) is 5.75 Å². The second kappa shape index (κ2) is 6.99. The van der Waals surface area contributed by atoms with Gasteiger partial charge in [-0.25, -0.2) is 0 Å². The van der Waals surface area contributed by atoms with E-state index in [9.17, 15) is 4.79 Å². The van der Waals surface area contributed by atoms with Gasteiger partial charge < -0.3 is 20.7 Å². The van der Waals surface area contributed by atoms with Crippen LogP contribution in [0.4, 0.5) is 5.69 Å². The number of hydrogen-bond donors (Lipinski definition) is 3. The zero-order chi connectivity index (χ0) is 13.5. The van der Waals surface area contributed by atoms with E-state index in [0.717, 1.165) is 31.6 Å². The van der Waals surface area contributed by atoms with Crippen LogP contribution in [0, 0.1) is 0 Å². The monoisotopic (exact) mass is 263 g/mol. The van der Waals surface area contributed by atoms with Gasteiger partial charge in [0.2, 0.25) is 0 Å². The molecule has 2 rings (SSSR count). The third-order valence-electron chi connectivity index (χ3n) is 3.19. The van der Waals surface area contributed by atoms with Gasteiger partial charge in [-0.05, 0) is 38.1 Å². The molecule has 3 N–H and O–H groups in total. The number of amides is 1. The molecule has 1 heterocycles. The molecule has 0 aromatic heterocycles. The van der Waals surface area contributed by atoms with Crippen molar-refractivity contribution < 1.29 is 9.53 Å². The van der Waals surface area contributed by atoms with Crippen LogP contribution < -0.4 is 20.7 Å². The third kappa shape index (κ3) is 4.44. The average Bonchev–Trinajstić information content (AvgIpc) is 2.46. The fourth-order valence-electron chi connectivity index (χ4n) is 2.10. The summed E-state index contributed by atoms with van der Waals surface area (Å²) in [5.74, 6) is 0.583. The number of anilines is 1. The van der Waals surface area contributed by atoms with E-state index in [2.05, 4.69) is 16.0 Å². The van der Waals surface area contributed by atoms with Gasteiger partial charge >= 0.3 is 0 Å². The van der Waals surface area contributed by atoms with Crippen LogP contribution >= 0.6 is 0 Å². The summed E-state index contributed by atoms with van der Waals surface area (Å²) >= 11 is 0. The molecule has 0 saturated carbocycles.